The molecule has 4 rings (SSSR count). The number of hydrogen-bond donors (Lipinski definition) is 1. The molecule has 1 aromatic heterocycles. The first-order valence-electron chi connectivity index (χ1n) is 15.0. The molecule has 3 heterocycles. The summed E-state index contributed by atoms with van der Waals surface area (Å²) in [6, 6.07) is 5.50. The summed E-state index contributed by atoms with van der Waals surface area (Å²) in [5, 5.41) is 12.4. The molecule has 47 heavy (non-hydrogen) atoms. The van der Waals surface area contributed by atoms with E-state index >= 15 is 4.39 Å². The van der Waals surface area contributed by atoms with Gasteiger partial charge in [-0.2, -0.15) is 18.4 Å². The highest BCUT2D eigenvalue weighted by molar-refractivity contribution is 6.01. The summed E-state index contributed by atoms with van der Waals surface area (Å²) in [7, 11) is 6.84. The van der Waals surface area contributed by atoms with E-state index in [1.54, 1.807) is 35.1 Å². The van der Waals surface area contributed by atoms with Crippen LogP contribution in [0.1, 0.15) is 23.2 Å². The van der Waals surface area contributed by atoms with Crippen molar-refractivity contribution < 1.29 is 31.9 Å². The molecule has 0 aliphatic carbocycles. The van der Waals surface area contributed by atoms with E-state index in [4.69, 9.17) is 0 Å². The Bertz CT molecular complexity index is 1580. The molecule has 2 aromatic rings. The lowest BCUT2D eigenvalue weighted by molar-refractivity contribution is -0.145. The van der Waals surface area contributed by atoms with Crippen molar-refractivity contribution in [1.82, 2.24) is 19.7 Å². The molecule has 1 N–H and O–H groups in total. The predicted molar refractivity (Wildman–Crippen MR) is 168 cm³/mol. The van der Waals surface area contributed by atoms with Gasteiger partial charge in [0, 0.05) is 65.1 Å². The van der Waals surface area contributed by atoms with Crippen LogP contribution in [0.5, 0.6) is 0 Å². The number of para-hydroxylation sites is 1. The molecule has 0 radical (unpaired) electrons. The maximum atomic E-state index is 15.3. The Morgan fingerprint density at radius 2 is 1.91 bits per heavy atom. The molecule has 1 saturated heterocycles. The Morgan fingerprint density at radius 3 is 2.55 bits per heavy atom. The van der Waals surface area contributed by atoms with Gasteiger partial charge in [0.1, 0.15) is 29.3 Å². The number of amides is 3. The van der Waals surface area contributed by atoms with Crippen molar-refractivity contribution in [2.45, 2.75) is 25.6 Å². The van der Waals surface area contributed by atoms with Crippen LogP contribution < -0.4 is 15.1 Å². The maximum Gasteiger partial charge on any atom is 0.417 e. The van der Waals surface area contributed by atoms with Crippen LogP contribution in [-0.4, -0.2) is 111 Å². The number of aryl methyl sites for hydroxylation is 1. The molecule has 11 nitrogen and oxygen atoms in total. The van der Waals surface area contributed by atoms with Gasteiger partial charge < -0.3 is 29.8 Å². The Kier molecular flexibility index (Phi) is 10.7. The molecular weight excluding hydrogens is 620 g/mol. The fraction of sp³-hybridized carbons (Fsp3) is 0.469. The molecule has 0 unspecified atom stereocenters. The summed E-state index contributed by atoms with van der Waals surface area (Å²) in [4.78, 5) is 51.1. The van der Waals surface area contributed by atoms with Gasteiger partial charge in [0.25, 0.3) is 0 Å². The lowest BCUT2D eigenvalue weighted by atomic mass is 9.98. The Morgan fingerprint density at radius 1 is 1.21 bits per heavy atom. The lowest BCUT2D eigenvalue weighted by Crippen LogP contribution is -2.56. The van der Waals surface area contributed by atoms with Gasteiger partial charge in [-0.3, -0.25) is 14.4 Å². The van der Waals surface area contributed by atoms with E-state index in [2.05, 4.69) is 10.3 Å². The average Bonchev–Trinajstić information content (AvgIpc) is 2.97. The Labute approximate surface area is 271 Å². The third kappa shape index (κ3) is 7.99. The van der Waals surface area contributed by atoms with E-state index < -0.39 is 35.1 Å². The maximum absolute atomic E-state index is 15.3. The molecule has 0 spiro atoms. The van der Waals surface area contributed by atoms with Crippen molar-refractivity contribution in [3.8, 4) is 6.07 Å². The SMILES string of the molecule is Cc1cc(C(F)(F)F)c(C#N)c(N[C@H]2CCN(CCN(C)C(=O)C3CN(C(=O)/C=C/CN(C)C)C3)c3c(F)cccc3N(C)C2=O)n1. The van der Waals surface area contributed by atoms with Crippen LogP contribution in [0.4, 0.5) is 34.8 Å². The number of hydrogen-bond acceptors (Lipinski definition) is 8. The molecule has 0 saturated carbocycles. The third-order valence-corrected chi connectivity index (χ3v) is 8.19. The van der Waals surface area contributed by atoms with E-state index in [-0.39, 0.29) is 66.7 Å². The minimum absolute atomic E-state index is 0.00645. The van der Waals surface area contributed by atoms with Crippen molar-refractivity contribution in [2.24, 2.45) is 5.92 Å². The van der Waals surface area contributed by atoms with Crippen molar-refractivity contribution in [1.29, 1.82) is 5.26 Å². The van der Waals surface area contributed by atoms with E-state index in [1.807, 2.05) is 19.0 Å². The lowest BCUT2D eigenvalue weighted by Gasteiger charge is -2.40. The number of alkyl halides is 3. The van der Waals surface area contributed by atoms with Gasteiger partial charge in [0.2, 0.25) is 17.7 Å². The fourth-order valence-electron chi connectivity index (χ4n) is 5.57. The number of likely N-dealkylation sites (tertiary alicyclic amines) is 1. The van der Waals surface area contributed by atoms with E-state index in [0.717, 1.165) is 6.07 Å². The zero-order valence-corrected chi connectivity index (χ0v) is 26.9. The van der Waals surface area contributed by atoms with Crippen molar-refractivity contribution in [3.63, 3.8) is 0 Å². The number of anilines is 3. The van der Waals surface area contributed by atoms with Crippen LogP contribution in [0.15, 0.2) is 36.4 Å². The number of halogens is 4. The molecule has 3 amide bonds. The topological polar surface area (TPSA) is 116 Å². The highest BCUT2D eigenvalue weighted by Crippen LogP contribution is 2.37. The van der Waals surface area contributed by atoms with E-state index in [1.165, 1.54) is 42.0 Å². The second-order valence-corrected chi connectivity index (χ2v) is 12.0. The summed E-state index contributed by atoms with van der Waals surface area (Å²) >= 11 is 0. The summed E-state index contributed by atoms with van der Waals surface area (Å²) in [6.45, 7) is 3.04. The number of fused-ring (bicyclic) bond motifs is 1. The number of nitrogens with one attached hydrogen (secondary N) is 1. The summed E-state index contributed by atoms with van der Waals surface area (Å²) < 4.78 is 56.5. The quantitative estimate of drug-likeness (QED) is 0.323. The summed E-state index contributed by atoms with van der Waals surface area (Å²) in [6.07, 6.45) is -1.54. The number of carbonyl (C=O) groups is 3. The molecule has 1 aromatic carbocycles. The minimum Gasteiger partial charge on any atom is -0.366 e. The number of rotatable bonds is 9. The number of nitriles is 1. The number of carbonyl (C=O) groups excluding carboxylic acids is 3. The van der Waals surface area contributed by atoms with Crippen molar-refractivity contribution in [3.05, 3.63) is 59.1 Å². The van der Waals surface area contributed by atoms with Crippen LogP contribution in [0.2, 0.25) is 0 Å². The molecule has 2 aliphatic rings. The Balaban J connectivity index is 1.49. The number of aromatic nitrogens is 1. The van der Waals surface area contributed by atoms with E-state index in [0.29, 0.717) is 19.6 Å². The number of benzene rings is 1. The van der Waals surface area contributed by atoms with Gasteiger partial charge in [0.15, 0.2) is 0 Å². The number of nitrogens with zero attached hydrogens (tertiary/aromatic N) is 7. The van der Waals surface area contributed by atoms with E-state index in [9.17, 15) is 32.8 Å². The van der Waals surface area contributed by atoms with Gasteiger partial charge in [-0.25, -0.2) is 9.37 Å². The van der Waals surface area contributed by atoms with Gasteiger partial charge in [-0.05, 0) is 45.6 Å². The van der Waals surface area contributed by atoms with Gasteiger partial charge in [0.05, 0.1) is 22.9 Å². The monoisotopic (exact) mass is 658 g/mol. The fourth-order valence-corrected chi connectivity index (χ4v) is 5.57. The highest BCUT2D eigenvalue weighted by Gasteiger charge is 2.38. The molecular formula is C32H38F4N8O3. The van der Waals surface area contributed by atoms with Crippen LogP contribution in [0, 0.1) is 30.0 Å². The van der Waals surface area contributed by atoms with Gasteiger partial charge >= 0.3 is 6.18 Å². The number of likely N-dealkylation sites (N-methyl/N-ethyl adjacent to an activating group) is 3. The first-order chi connectivity index (χ1) is 22.1. The Hall–Kier alpha value is -4.71. The van der Waals surface area contributed by atoms with Crippen LogP contribution in [0.3, 0.4) is 0 Å². The summed E-state index contributed by atoms with van der Waals surface area (Å²) in [5.41, 5.74) is -1.50. The first-order valence-corrected chi connectivity index (χ1v) is 15.0. The average molecular weight is 659 g/mol. The van der Waals surface area contributed by atoms with Crippen LogP contribution >= 0.6 is 0 Å². The molecule has 15 heteroatoms. The first kappa shape index (κ1) is 35.1. The predicted octanol–water partition coefficient (Wildman–Crippen LogP) is 3.11. The molecule has 1 fully saturated rings. The third-order valence-electron chi connectivity index (χ3n) is 8.19. The van der Waals surface area contributed by atoms with Crippen molar-refractivity contribution >= 4 is 34.9 Å². The second-order valence-electron chi connectivity index (χ2n) is 12.0. The standard InChI is InChI=1S/C32H38F4N8O3/c1-20-16-23(32(34,35)36)22(17-37)29(38-20)39-25-11-13-43(28-24(33)8-6-9-26(28)42(5)31(25)47)15-14-41(4)30(46)21-18-44(19-21)27(45)10-7-12-40(2)3/h6-10,16,21,25H,11-15,18-19H2,1-5H3,(H,38,39)/b10-7+/t25-/m0/s1. The number of pyridine rings is 1. The summed E-state index contributed by atoms with van der Waals surface area (Å²) in [5.74, 6) is -2.19. The zero-order valence-electron chi connectivity index (χ0n) is 26.9. The largest absolute Gasteiger partial charge is 0.417 e. The molecule has 2 aliphatic heterocycles. The van der Waals surface area contributed by atoms with Gasteiger partial charge in [-0.15, -0.1) is 0 Å². The van der Waals surface area contributed by atoms with Crippen molar-refractivity contribution in [2.75, 3.05) is 82.6 Å². The normalized spacial score (nSPS) is 17.3. The minimum atomic E-state index is -4.82. The molecule has 0 bridgehead atoms. The molecule has 252 valence electrons. The molecule has 1 atom stereocenters. The van der Waals surface area contributed by atoms with Crippen LogP contribution in [-0.2, 0) is 20.6 Å². The zero-order chi connectivity index (χ0) is 34.6. The van der Waals surface area contributed by atoms with Crippen LogP contribution in [0.25, 0.3) is 0 Å². The second kappa shape index (κ2) is 14.4. The van der Waals surface area contributed by atoms with Gasteiger partial charge in [-0.1, -0.05) is 12.1 Å². The smallest absolute Gasteiger partial charge is 0.366 e. The highest BCUT2D eigenvalue weighted by atomic mass is 19.4.